The zero-order valence-electron chi connectivity index (χ0n) is 13.0. The van der Waals surface area contributed by atoms with Crippen molar-refractivity contribution in [3.63, 3.8) is 0 Å². The number of hydrogen-bond acceptors (Lipinski definition) is 4. The number of hydrogen-bond donors (Lipinski definition) is 1. The van der Waals surface area contributed by atoms with Crippen LogP contribution in [0.3, 0.4) is 0 Å². The number of carbonyl (C=O) groups is 1. The van der Waals surface area contributed by atoms with Gasteiger partial charge in [-0.2, -0.15) is 0 Å². The summed E-state index contributed by atoms with van der Waals surface area (Å²) in [5.74, 6) is 0.753. The van der Waals surface area contributed by atoms with E-state index in [0.29, 0.717) is 24.1 Å². The van der Waals surface area contributed by atoms with Crippen molar-refractivity contribution >= 4 is 21.7 Å². The van der Waals surface area contributed by atoms with Crippen molar-refractivity contribution in [2.45, 2.75) is 38.5 Å². The highest BCUT2D eigenvalue weighted by atomic mass is 32.2. The van der Waals surface area contributed by atoms with Crippen molar-refractivity contribution in [2.75, 3.05) is 17.6 Å². The Kier molecular flexibility index (Phi) is 5.45. The van der Waals surface area contributed by atoms with E-state index in [-0.39, 0.29) is 5.97 Å². The largest absolute Gasteiger partial charge is 0.466 e. The van der Waals surface area contributed by atoms with E-state index < -0.39 is 10.0 Å². The predicted octanol–water partition coefficient (Wildman–Crippen LogP) is 2.90. The zero-order chi connectivity index (χ0) is 16.2. The highest BCUT2D eigenvalue weighted by molar-refractivity contribution is 7.92. The number of benzene rings is 1. The molecule has 0 unspecified atom stereocenters. The average molecular weight is 325 g/mol. The molecule has 1 N–H and O–H groups in total. The molecule has 1 aliphatic rings. The lowest BCUT2D eigenvalue weighted by Crippen LogP contribution is -2.19. The molecule has 0 aliphatic heterocycles. The molecule has 0 spiro atoms. The molecule has 0 bridgehead atoms. The Morgan fingerprint density at radius 3 is 2.27 bits per heavy atom. The van der Waals surface area contributed by atoms with E-state index in [0.717, 1.165) is 31.9 Å². The van der Waals surface area contributed by atoms with Gasteiger partial charge in [-0.1, -0.05) is 12.1 Å². The number of carbonyl (C=O) groups excluding carboxylic acids is 1. The standard InChI is InChI=1S/C16H23NO4S/c1-12(18)21-11-13-3-5-14(6-4-13)15-7-9-16(10-8-15)17-22(2,19)20/h7-10,13-14,17H,3-6,11H2,1-2H3/t13-,14-. The van der Waals surface area contributed by atoms with Crippen LogP contribution in [-0.2, 0) is 19.6 Å². The van der Waals surface area contributed by atoms with Gasteiger partial charge in [0.25, 0.3) is 0 Å². The Labute approximate surface area is 132 Å². The first-order chi connectivity index (χ1) is 10.3. The van der Waals surface area contributed by atoms with Gasteiger partial charge in [0.2, 0.25) is 10.0 Å². The summed E-state index contributed by atoms with van der Waals surface area (Å²) in [6.07, 6.45) is 5.41. The van der Waals surface area contributed by atoms with Crippen LogP contribution in [0, 0.1) is 5.92 Å². The molecule has 2 rings (SSSR count). The summed E-state index contributed by atoms with van der Waals surface area (Å²) in [6.45, 7) is 1.97. The monoisotopic (exact) mass is 325 g/mol. The topological polar surface area (TPSA) is 72.5 Å². The van der Waals surface area contributed by atoms with Gasteiger partial charge in [0.15, 0.2) is 0 Å². The molecule has 6 heteroatoms. The van der Waals surface area contributed by atoms with Crippen molar-refractivity contribution in [2.24, 2.45) is 5.92 Å². The van der Waals surface area contributed by atoms with Crippen molar-refractivity contribution < 1.29 is 17.9 Å². The minimum absolute atomic E-state index is 0.212. The maximum absolute atomic E-state index is 11.2. The number of nitrogens with one attached hydrogen (secondary N) is 1. The molecular weight excluding hydrogens is 302 g/mol. The molecule has 1 saturated carbocycles. The summed E-state index contributed by atoms with van der Waals surface area (Å²) in [4.78, 5) is 10.8. The van der Waals surface area contributed by atoms with Gasteiger partial charge in [0.05, 0.1) is 12.9 Å². The molecule has 0 aromatic heterocycles. The van der Waals surface area contributed by atoms with E-state index >= 15 is 0 Å². The summed E-state index contributed by atoms with van der Waals surface area (Å²) < 4.78 is 29.9. The molecule has 0 saturated heterocycles. The number of esters is 1. The lowest BCUT2D eigenvalue weighted by Gasteiger charge is -2.28. The fourth-order valence-corrected chi connectivity index (χ4v) is 3.50. The van der Waals surface area contributed by atoms with Gasteiger partial charge in [-0.25, -0.2) is 8.42 Å². The van der Waals surface area contributed by atoms with Crippen LogP contribution in [0.1, 0.15) is 44.1 Å². The Balaban J connectivity index is 1.87. The fourth-order valence-electron chi connectivity index (χ4n) is 2.94. The minimum atomic E-state index is -3.23. The van der Waals surface area contributed by atoms with Crippen molar-refractivity contribution in [3.05, 3.63) is 29.8 Å². The van der Waals surface area contributed by atoms with E-state index in [9.17, 15) is 13.2 Å². The summed E-state index contributed by atoms with van der Waals surface area (Å²) in [6, 6.07) is 7.60. The van der Waals surface area contributed by atoms with E-state index in [1.807, 2.05) is 12.1 Å². The van der Waals surface area contributed by atoms with E-state index in [1.165, 1.54) is 12.5 Å². The van der Waals surface area contributed by atoms with Crippen LogP contribution in [0.25, 0.3) is 0 Å². The third-order valence-electron chi connectivity index (χ3n) is 4.05. The molecule has 5 nitrogen and oxygen atoms in total. The number of sulfonamides is 1. The molecule has 1 fully saturated rings. The first kappa shape index (κ1) is 16.8. The van der Waals surface area contributed by atoms with Gasteiger partial charge >= 0.3 is 5.97 Å². The zero-order valence-corrected chi connectivity index (χ0v) is 13.9. The van der Waals surface area contributed by atoms with Gasteiger partial charge in [-0.3, -0.25) is 9.52 Å². The second-order valence-corrected chi connectivity index (χ2v) is 7.76. The van der Waals surface area contributed by atoms with Crippen LogP contribution in [0.2, 0.25) is 0 Å². The molecule has 1 aromatic carbocycles. The molecular formula is C16H23NO4S. The van der Waals surface area contributed by atoms with Gasteiger partial charge in [0, 0.05) is 12.6 Å². The molecule has 0 heterocycles. The van der Waals surface area contributed by atoms with E-state index in [1.54, 1.807) is 12.1 Å². The van der Waals surface area contributed by atoms with Crippen LogP contribution >= 0.6 is 0 Å². The van der Waals surface area contributed by atoms with Crippen molar-refractivity contribution in [3.8, 4) is 0 Å². The number of ether oxygens (including phenoxy) is 1. The average Bonchev–Trinajstić information content (AvgIpc) is 2.45. The first-order valence-corrected chi connectivity index (χ1v) is 9.44. The van der Waals surface area contributed by atoms with Gasteiger partial charge in [0.1, 0.15) is 0 Å². The minimum Gasteiger partial charge on any atom is -0.466 e. The number of anilines is 1. The van der Waals surface area contributed by atoms with Crippen LogP contribution in [-0.4, -0.2) is 27.2 Å². The van der Waals surface area contributed by atoms with Gasteiger partial charge < -0.3 is 4.74 Å². The summed E-state index contributed by atoms with van der Waals surface area (Å²) in [5.41, 5.74) is 1.83. The van der Waals surface area contributed by atoms with Gasteiger partial charge in [-0.05, 0) is 55.2 Å². The smallest absolute Gasteiger partial charge is 0.302 e. The van der Waals surface area contributed by atoms with E-state index in [4.69, 9.17) is 4.74 Å². The highest BCUT2D eigenvalue weighted by Crippen LogP contribution is 2.36. The Morgan fingerprint density at radius 1 is 1.18 bits per heavy atom. The molecule has 22 heavy (non-hydrogen) atoms. The van der Waals surface area contributed by atoms with E-state index in [2.05, 4.69) is 4.72 Å². The maximum atomic E-state index is 11.2. The fraction of sp³-hybridized carbons (Fsp3) is 0.562. The van der Waals surface area contributed by atoms with Crippen LogP contribution in [0.15, 0.2) is 24.3 Å². The normalized spacial score (nSPS) is 22.1. The quantitative estimate of drug-likeness (QED) is 0.845. The third kappa shape index (κ3) is 5.33. The summed E-state index contributed by atoms with van der Waals surface area (Å²) in [5, 5.41) is 0. The van der Waals surface area contributed by atoms with Crippen molar-refractivity contribution in [1.82, 2.24) is 0 Å². The SMILES string of the molecule is CC(=O)OC[C@H]1CC[C@H](c2ccc(NS(C)(=O)=O)cc2)CC1. The predicted molar refractivity (Wildman–Crippen MR) is 86.2 cm³/mol. The van der Waals surface area contributed by atoms with Crippen molar-refractivity contribution in [1.29, 1.82) is 0 Å². The first-order valence-electron chi connectivity index (χ1n) is 7.54. The summed E-state index contributed by atoms with van der Waals surface area (Å²) in [7, 11) is -3.23. The Morgan fingerprint density at radius 2 is 1.77 bits per heavy atom. The lowest BCUT2D eigenvalue weighted by atomic mass is 9.79. The van der Waals surface area contributed by atoms with Gasteiger partial charge in [-0.15, -0.1) is 0 Å². The van der Waals surface area contributed by atoms with Crippen LogP contribution < -0.4 is 4.72 Å². The molecule has 1 aromatic rings. The lowest BCUT2D eigenvalue weighted by molar-refractivity contribution is -0.142. The molecule has 122 valence electrons. The molecule has 0 amide bonds. The number of rotatable bonds is 5. The Bertz CT molecular complexity index is 602. The Hall–Kier alpha value is -1.56. The third-order valence-corrected chi connectivity index (χ3v) is 4.66. The highest BCUT2D eigenvalue weighted by Gasteiger charge is 2.23. The van der Waals surface area contributed by atoms with Crippen LogP contribution in [0.4, 0.5) is 5.69 Å². The van der Waals surface area contributed by atoms with Crippen LogP contribution in [0.5, 0.6) is 0 Å². The second-order valence-electron chi connectivity index (χ2n) is 6.02. The molecule has 0 atom stereocenters. The summed E-state index contributed by atoms with van der Waals surface area (Å²) >= 11 is 0. The molecule has 1 aliphatic carbocycles. The molecule has 0 radical (unpaired) electrons. The second kappa shape index (κ2) is 7.13. The maximum Gasteiger partial charge on any atom is 0.302 e.